The Balaban J connectivity index is 0.00000380. The molecule has 0 radical (unpaired) electrons. The SMILES string of the molecule is CN(C)c1cc(NC=O)c(O)c2c1CC1CC3[C@H](N(C)C)C(O)=C(C(N)=O)C(=O)[C@@]3(O)C(O)=C1C2=O.Cl. The first kappa shape index (κ1) is 28.0. The molecule has 0 fully saturated rings. The molecule has 7 N–H and O–H groups in total. The van der Waals surface area contributed by atoms with E-state index in [9.17, 15) is 39.6 Å². The molecule has 37 heavy (non-hydrogen) atoms. The average molecular weight is 537 g/mol. The van der Waals surface area contributed by atoms with Crippen LogP contribution in [0, 0.1) is 11.8 Å². The first-order valence-electron chi connectivity index (χ1n) is 11.2. The van der Waals surface area contributed by atoms with Crippen LogP contribution in [0.4, 0.5) is 11.4 Å². The van der Waals surface area contributed by atoms with Crippen molar-refractivity contribution in [2.45, 2.75) is 24.5 Å². The Morgan fingerprint density at radius 3 is 2.32 bits per heavy atom. The van der Waals surface area contributed by atoms with Gasteiger partial charge in [-0.2, -0.15) is 0 Å². The second kappa shape index (κ2) is 9.36. The van der Waals surface area contributed by atoms with Crippen LogP contribution >= 0.6 is 12.4 Å². The van der Waals surface area contributed by atoms with Gasteiger partial charge < -0.3 is 36.4 Å². The number of likely N-dealkylation sites (N-methyl/N-ethyl adjacent to an activating group) is 1. The van der Waals surface area contributed by atoms with E-state index in [2.05, 4.69) is 5.32 Å². The lowest BCUT2D eigenvalue weighted by molar-refractivity contribution is -0.148. The van der Waals surface area contributed by atoms with Crippen molar-refractivity contribution in [1.82, 2.24) is 4.90 Å². The standard InChI is InChI=1S/C24H28N4O8.ClH/c1-27(2)13-7-12(26-8-29)18(30)15-10(13)5-9-6-11-17(28(3)4)20(32)16(23(25)35)22(34)24(11,36)21(33)14(9)19(15)31;/h7-9,11,17,30,32-33,36H,5-6H2,1-4H3,(H2,25,35)(H,26,29);1H/t9?,11?,17-,24-;/m0./s1. The van der Waals surface area contributed by atoms with E-state index in [1.54, 1.807) is 33.1 Å². The highest BCUT2D eigenvalue weighted by Gasteiger charge is 2.63. The first-order chi connectivity index (χ1) is 16.8. The van der Waals surface area contributed by atoms with Crippen LogP contribution in [0.3, 0.4) is 0 Å². The number of aromatic hydroxyl groups is 1. The van der Waals surface area contributed by atoms with Crippen LogP contribution in [-0.4, -0.2) is 89.0 Å². The van der Waals surface area contributed by atoms with Crippen molar-refractivity contribution < 1.29 is 39.6 Å². The van der Waals surface area contributed by atoms with Crippen molar-refractivity contribution >= 4 is 47.7 Å². The second-order valence-electron chi connectivity index (χ2n) is 9.77. The number of nitrogens with zero attached hydrogens (tertiary/aromatic N) is 2. The summed E-state index contributed by atoms with van der Waals surface area (Å²) in [5.41, 5.74) is 2.29. The Kier molecular flexibility index (Phi) is 7.08. The molecule has 4 atom stereocenters. The highest BCUT2D eigenvalue weighted by molar-refractivity contribution is 6.25. The number of nitrogens with two attached hydrogens (primary N) is 1. The Morgan fingerprint density at radius 2 is 1.81 bits per heavy atom. The number of Topliss-reactive ketones (excluding diaryl/α,β-unsaturated/α-hetero) is 2. The molecule has 2 amide bonds. The van der Waals surface area contributed by atoms with Gasteiger partial charge in [0.15, 0.2) is 17.1 Å². The summed E-state index contributed by atoms with van der Waals surface area (Å²) in [5.74, 6) is -7.27. The lowest BCUT2D eigenvalue weighted by atomic mass is 9.58. The van der Waals surface area contributed by atoms with Gasteiger partial charge in [-0.15, -0.1) is 12.4 Å². The maximum Gasteiger partial charge on any atom is 0.255 e. The molecule has 12 nitrogen and oxygen atoms in total. The first-order valence-corrected chi connectivity index (χ1v) is 11.2. The van der Waals surface area contributed by atoms with E-state index < -0.39 is 63.8 Å². The molecule has 13 heteroatoms. The fourth-order valence-electron chi connectivity index (χ4n) is 5.87. The number of phenolic OH excluding ortho intramolecular Hbond substituents is 1. The summed E-state index contributed by atoms with van der Waals surface area (Å²) in [5, 5.41) is 46.9. The van der Waals surface area contributed by atoms with Crippen LogP contribution < -0.4 is 16.0 Å². The number of aliphatic hydroxyl groups is 3. The topological polar surface area (TPSA) is 194 Å². The van der Waals surface area contributed by atoms with Gasteiger partial charge in [-0.05, 0) is 44.5 Å². The Bertz CT molecular complexity index is 1290. The molecule has 0 heterocycles. The fraction of sp³-hybridized carbons (Fsp3) is 0.417. The molecule has 3 aliphatic carbocycles. The van der Waals surface area contributed by atoms with Crippen molar-refractivity contribution in [3.8, 4) is 5.75 Å². The quantitative estimate of drug-likeness (QED) is 0.172. The lowest BCUT2D eigenvalue weighted by Gasteiger charge is -2.50. The van der Waals surface area contributed by atoms with Crippen LogP contribution in [-0.2, 0) is 20.8 Å². The van der Waals surface area contributed by atoms with Crippen LogP contribution in [0.1, 0.15) is 22.3 Å². The third-order valence-electron chi connectivity index (χ3n) is 7.40. The number of primary amides is 1. The Hall–Kier alpha value is -3.61. The number of nitrogens with one attached hydrogen (secondary N) is 1. The molecule has 200 valence electrons. The summed E-state index contributed by atoms with van der Waals surface area (Å²) in [6.07, 6.45) is 0.485. The molecule has 4 rings (SSSR count). The van der Waals surface area contributed by atoms with Crippen molar-refractivity contribution in [3.63, 3.8) is 0 Å². The highest BCUT2D eigenvalue weighted by atomic mass is 35.5. The van der Waals surface area contributed by atoms with E-state index in [1.807, 2.05) is 0 Å². The van der Waals surface area contributed by atoms with Crippen LogP contribution in [0.15, 0.2) is 28.7 Å². The number of benzene rings is 1. The van der Waals surface area contributed by atoms with Crippen LogP contribution in [0.25, 0.3) is 0 Å². The lowest BCUT2D eigenvalue weighted by Crippen LogP contribution is -2.63. The largest absolute Gasteiger partial charge is 0.510 e. The minimum atomic E-state index is -2.71. The zero-order chi connectivity index (χ0) is 26.9. The number of anilines is 2. The Labute approximate surface area is 218 Å². The number of carbonyl (C=O) groups is 4. The van der Waals surface area contributed by atoms with E-state index in [0.717, 1.165) is 0 Å². The molecule has 0 aromatic heterocycles. The van der Waals surface area contributed by atoms with E-state index in [-0.39, 0.29) is 42.1 Å². The second-order valence-corrected chi connectivity index (χ2v) is 9.77. The molecular weight excluding hydrogens is 508 g/mol. The monoisotopic (exact) mass is 536 g/mol. The zero-order valence-corrected chi connectivity index (χ0v) is 21.4. The van der Waals surface area contributed by atoms with Gasteiger partial charge in [0.05, 0.1) is 17.3 Å². The molecule has 1 aromatic carbocycles. The molecule has 1 aromatic rings. The predicted octanol–water partition coefficient (Wildman–Crippen LogP) is 0.177. The van der Waals surface area contributed by atoms with Crippen molar-refractivity contribution in [2.75, 3.05) is 38.4 Å². The minimum Gasteiger partial charge on any atom is -0.510 e. The van der Waals surface area contributed by atoms with Crippen molar-refractivity contribution in [1.29, 1.82) is 0 Å². The normalized spacial score (nSPS) is 26.7. The van der Waals surface area contributed by atoms with Gasteiger partial charge in [0.25, 0.3) is 5.91 Å². The predicted molar refractivity (Wildman–Crippen MR) is 135 cm³/mol. The summed E-state index contributed by atoms with van der Waals surface area (Å²) < 4.78 is 0. The molecule has 3 aliphatic rings. The van der Waals surface area contributed by atoms with E-state index in [0.29, 0.717) is 17.7 Å². The molecule has 0 bridgehead atoms. The van der Waals surface area contributed by atoms with E-state index in [4.69, 9.17) is 5.73 Å². The van der Waals surface area contributed by atoms with Gasteiger partial charge in [-0.25, -0.2) is 0 Å². The maximum absolute atomic E-state index is 13.7. The number of ketones is 2. The third kappa shape index (κ3) is 3.74. The summed E-state index contributed by atoms with van der Waals surface area (Å²) in [6, 6.07) is 0.459. The van der Waals surface area contributed by atoms with Gasteiger partial charge in [0, 0.05) is 31.3 Å². The van der Waals surface area contributed by atoms with Crippen LogP contribution in [0.5, 0.6) is 5.75 Å². The number of amides is 2. The summed E-state index contributed by atoms with van der Waals surface area (Å²) in [4.78, 5) is 53.3. The maximum atomic E-state index is 13.7. The smallest absolute Gasteiger partial charge is 0.255 e. The number of phenols is 1. The van der Waals surface area contributed by atoms with Crippen molar-refractivity contribution in [3.05, 3.63) is 39.9 Å². The molecule has 0 saturated carbocycles. The molecule has 0 spiro atoms. The number of fused-ring (bicyclic) bond motifs is 3. The van der Waals surface area contributed by atoms with Crippen molar-refractivity contribution in [2.24, 2.45) is 17.6 Å². The summed E-state index contributed by atoms with van der Waals surface area (Å²) in [6.45, 7) is 0. The van der Waals surface area contributed by atoms with E-state index in [1.165, 1.54) is 11.0 Å². The molecular formula is C24H29ClN4O8. The number of aliphatic hydroxyl groups excluding tert-OH is 2. The number of hydrogen-bond donors (Lipinski definition) is 6. The molecule has 0 aliphatic heterocycles. The van der Waals surface area contributed by atoms with Gasteiger partial charge in [-0.3, -0.25) is 24.1 Å². The molecule has 2 unspecified atom stereocenters. The zero-order valence-electron chi connectivity index (χ0n) is 20.6. The molecule has 0 saturated heterocycles. The van der Waals surface area contributed by atoms with Gasteiger partial charge in [-0.1, -0.05) is 0 Å². The number of halogens is 1. The number of allylic oxidation sites excluding steroid dienone is 1. The minimum absolute atomic E-state index is 0. The number of rotatable bonds is 5. The average Bonchev–Trinajstić information content (AvgIpc) is 2.77. The van der Waals surface area contributed by atoms with Crippen LogP contribution in [0.2, 0.25) is 0 Å². The van der Waals surface area contributed by atoms with Gasteiger partial charge in [0.2, 0.25) is 12.2 Å². The summed E-state index contributed by atoms with van der Waals surface area (Å²) >= 11 is 0. The third-order valence-corrected chi connectivity index (χ3v) is 7.40. The van der Waals surface area contributed by atoms with E-state index >= 15 is 0 Å². The Morgan fingerprint density at radius 1 is 1.19 bits per heavy atom. The fourth-order valence-corrected chi connectivity index (χ4v) is 5.87. The highest BCUT2D eigenvalue weighted by Crippen LogP contribution is 2.53. The van der Waals surface area contributed by atoms with Gasteiger partial charge >= 0.3 is 0 Å². The van der Waals surface area contributed by atoms with Gasteiger partial charge in [0.1, 0.15) is 17.1 Å². The summed E-state index contributed by atoms with van der Waals surface area (Å²) in [7, 11) is 6.58. The number of hydrogen-bond acceptors (Lipinski definition) is 10. The number of carbonyl (C=O) groups excluding carboxylic acids is 4.